The van der Waals surface area contributed by atoms with Gasteiger partial charge in [0.15, 0.2) is 0 Å². The number of aromatic amines is 1. The molecule has 1 aliphatic heterocycles. The van der Waals surface area contributed by atoms with Gasteiger partial charge in [-0.15, -0.1) is 5.10 Å². The van der Waals surface area contributed by atoms with Crippen LogP contribution in [0.4, 0.5) is 0 Å². The van der Waals surface area contributed by atoms with Crippen LogP contribution < -0.4 is 4.74 Å². The number of nitrogens with one attached hydrogen (secondary N) is 2. The second-order valence-electron chi connectivity index (χ2n) is 7.49. The van der Waals surface area contributed by atoms with Crippen LogP contribution in [-0.2, 0) is 6.42 Å². The highest BCUT2D eigenvalue weighted by molar-refractivity contribution is 5.97. The zero-order valence-corrected chi connectivity index (χ0v) is 16.5. The van der Waals surface area contributed by atoms with Crippen molar-refractivity contribution in [1.29, 1.82) is 10.7 Å². The molecular weight excluding hydrogens is 372 g/mol. The molecule has 0 saturated heterocycles. The third-order valence-electron chi connectivity index (χ3n) is 5.85. The third kappa shape index (κ3) is 2.77. The predicted octanol–water partition coefficient (Wildman–Crippen LogP) is 5.43. The highest BCUT2D eigenvalue weighted by atomic mass is 16.5. The van der Waals surface area contributed by atoms with E-state index >= 15 is 0 Å². The van der Waals surface area contributed by atoms with Crippen molar-refractivity contribution in [3.05, 3.63) is 83.4 Å². The summed E-state index contributed by atoms with van der Waals surface area (Å²) in [5.74, 6) is -0.731. The van der Waals surface area contributed by atoms with Crippen LogP contribution in [0, 0.1) is 22.7 Å². The summed E-state index contributed by atoms with van der Waals surface area (Å²) >= 11 is 0. The summed E-state index contributed by atoms with van der Waals surface area (Å²) in [6.07, 6.45) is 0.948. The number of aromatic nitrogens is 2. The molecule has 5 nitrogen and oxygen atoms in total. The Labute approximate surface area is 174 Å². The number of ether oxygens (including phenoxy) is 1. The molecule has 0 radical (unpaired) electrons. The van der Waals surface area contributed by atoms with Crippen molar-refractivity contribution in [3.63, 3.8) is 0 Å². The molecule has 0 aliphatic carbocycles. The van der Waals surface area contributed by atoms with Crippen LogP contribution in [0.15, 0.2) is 66.7 Å². The standard InChI is InChI=1S/C25H20N4O/c1-2-15-10-12-17(13-11-15)21-20(14-26)24(27)30-25-22(21)23(28-29-25)19-9-5-7-16-6-3-4-8-18(16)19/h3-13,20-21,27H,2H2,1H3,(H,28,29). The van der Waals surface area contributed by atoms with Crippen molar-refractivity contribution in [3.8, 4) is 23.2 Å². The first kappa shape index (κ1) is 18.1. The van der Waals surface area contributed by atoms with E-state index in [0.717, 1.165) is 39.6 Å². The van der Waals surface area contributed by atoms with Gasteiger partial charge in [-0.2, -0.15) is 5.26 Å². The van der Waals surface area contributed by atoms with Crippen LogP contribution in [0.25, 0.3) is 22.0 Å². The Morgan fingerprint density at radius 1 is 1.07 bits per heavy atom. The number of hydrogen-bond donors (Lipinski definition) is 2. The van der Waals surface area contributed by atoms with E-state index in [-0.39, 0.29) is 11.8 Å². The quantitative estimate of drug-likeness (QED) is 0.487. The molecular formula is C25H20N4O. The van der Waals surface area contributed by atoms with Crippen molar-refractivity contribution in [2.45, 2.75) is 19.3 Å². The minimum atomic E-state index is -0.712. The topological polar surface area (TPSA) is 85.5 Å². The van der Waals surface area contributed by atoms with E-state index in [4.69, 9.17) is 10.1 Å². The van der Waals surface area contributed by atoms with Gasteiger partial charge in [-0.25, -0.2) is 0 Å². The Balaban J connectivity index is 1.75. The smallest absolute Gasteiger partial charge is 0.244 e. The zero-order chi connectivity index (χ0) is 20.7. The van der Waals surface area contributed by atoms with E-state index in [1.54, 1.807) is 0 Å². The number of nitriles is 1. The maximum Gasteiger partial charge on any atom is 0.244 e. The highest BCUT2D eigenvalue weighted by Crippen LogP contribution is 2.46. The Hall–Kier alpha value is -3.91. The lowest BCUT2D eigenvalue weighted by Crippen LogP contribution is -2.30. The molecule has 1 aromatic heterocycles. The summed E-state index contributed by atoms with van der Waals surface area (Å²) in [6, 6.07) is 24.9. The fraction of sp³-hybridized carbons (Fsp3) is 0.160. The van der Waals surface area contributed by atoms with Crippen LogP contribution in [0.3, 0.4) is 0 Å². The van der Waals surface area contributed by atoms with Crippen molar-refractivity contribution in [1.82, 2.24) is 10.2 Å². The molecule has 0 spiro atoms. The Morgan fingerprint density at radius 3 is 2.60 bits per heavy atom. The molecule has 0 bridgehead atoms. The Bertz CT molecular complexity index is 1290. The maximum absolute atomic E-state index is 9.89. The molecule has 4 aromatic rings. The summed E-state index contributed by atoms with van der Waals surface area (Å²) in [7, 11) is 0. The number of fused-ring (bicyclic) bond motifs is 2. The van der Waals surface area contributed by atoms with Crippen LogP contribution in [0.2, 0.25) is 0 Å². The van der Waals surface area contributed by atoms with Crippen LogP contribution in [0.1, 0.15) is 29.5 Å². The van der Waals surface area contributed by atoms with E-state index < -0.39 is 5.92 Å². The molecule has 0 saturated carbocycles. The third-order valence-corrected chi connectivity index (χ3v) is 5.85. The molecule has 30 heavy (non-hydrogen) atoms. The number of aryl methyl sites for hydroxylation is 1. The van der Waals surface area contributed by atoms with E-state index in [1.807, 2.05) is 18.2 Å². The molecule has 0 fully saturated rings. The van der Waals surface area contributed by atoms with Gasteiger partial charge >= 0.3 is 0 Å². The lowest BCUT2D eigenvalue weighted by atomic mass is 9.78. The van der Waals surface area contributed by atoms with Crippen molar-refractivity contribution in [2.24, 2.45) is 5.92 Å². The number of hydrogen-bond acceptors (Lipinski definition) is 4. The second kappa shape index (κ2) is 7.16. The van der Waals surface area contributed by atoms with Gasteiger partial charge in [0.05, 0.1) is 17.3 Å². The summed E-state index contributed by atoms with van der Waals surface area (Å²) < 4.78 is 5.66. The first-order valence-corrected chi connectivity index (χ1v) is 10.0. The fourth-order valence-corrected chi connectivity index (χ4v) is 4.29. The van der Waals surface area contributed by atoms with Gasteiger partial charge in [-0.05, 0) is 28.3 Å². The summed E-state index contributed by atoms with van der Waals surface area (Å²) in [4.78, 5) is 0. The summed E-state index contributed by atoms with van der Waals surface area (Å²) in [5, 5.41) is 27.9. The largest absolute Gasteiger partial charge is 0.422 e. The molecule has 2 atom stereocenters. The van der Waals surface area contributed by atoms with E-state index in [0.29, 0.717) is 5.88 Å². The van der Waals surface area contributed by atoms with E-state index in [1.165, 1.54) is 5.56 Å². The molecule has 146 valence electrons. The molecule has 1 aliphatic rings. The fourth-order valence-electron chi connectivity index (χ4n) is 4.29. The van der Waals surface area contributed by atoms with Gasteiger partial charge in [0.2, 0.25) is 11.8 Å². The lowest BCUT2D eigenvalue weighted by molar-refractivity contribution is 0.437. The first-order valence-electron chi connectivity index (χ1n) is 10.0. The van der Waals surface area contributed by atoms with Crippen LogP contribution >= 0.6 is 0 Å². The van der Waals surface area contributed by atoms with Crippen molar-refractivity contribution in [2.75, 3.05) is 0 Å². The molecule has 2 unspecified atom stereocenters. The normalized spacial score (nSPS) is 17.9. The van der Waals surface area contributed by atoms with Crippen molar-refractivity contribution >= 4 is 16.7 Å². The van der Waals surface area contributed by atoms with E-state index in [2.05, 4.69) is 71.7 Å². The molecule has 2 N–H and O–H groups in total. The first-order chi connectivity index (χ1) is 14.7. The minimum Gasteiger partial charge on any atom is -0.422 e. The van der Waals surface area contributed by atoms with Gasteiger partial charge in [0.25, 0.3) is 0 Å². The average Bonchev–Trinajstić information content (AvgIpc) is 3.21. The number of benzene rings is 3. The number of nitrogens with zero attached hydrogens (tertiary/aromatic N) is 2. The van der Waals surface area contributed by atoms with Gasteiger partial charge < -0.3 is 4.74 Å². The van der Waals surface area contributed by atoms with Gasteiger partial charge in [-0.3, -0.25) is 10.5 Å². The predicted molar refractivity (Wildman–Crippen MR) is 117 cm³/mol. The number of H-pyrrole nitrogens is 1. The SMILES string of the molecule is CCc1ccc(C2c3c(n[nH]c3-c3cccc4ccccc34)OC(=N)C2C#N)cc1. The van der Waals surface area contributed by atoms with Crippen LogP contribution in [0.5, 0.6) is 5.88 Å². The monoisotopic (exact) mass is 392 g/mol. The average molecular weight is 392 g/mol. The van der Waals surface area contributed by atoms with Gasteiger partial charge in [0.1, 0.15) is 5.92 Å². The molecule has 3 aromatic carbocycles. The molecule has 0 amide bonds. The molecule has 5 rings (SSSR count). The van der Waals surface area contributed by atoms with Gasteiger partial charge in [-0.1, -0.05) is 73.7 Å². The van der Waals surface area contributed by atoms with Crippen LogP contribution in [-0.4, -0.2) is 16.1 Å². The minimum absolute atomic E-state index is 0.0643. The van der Waals surface area contributed by atoms with E-state index in [9.17, 15) is 5.26 Å². The van der Waals surface area contributed by atoms with Crippen molar-refractivity contribution < 1.29 is 4.74 Å². The molecule has 5 heteroatoms. The maximum atomic E-state index is 9.89. The number of rotatable bonds is 3. The lowest BCUT2D eigenvalue weighted by Gasteiger charge is -2.28. The Morgan fingerprint density at radius 2 is 1.83 bits per heavy atom. The second-order valence-corrected chi connectivity index (χ2v) is 7.49. The summed E-state index contributed by atoms with van der Waals surface area (Å²) in [6.45, 7) is 2.12. The zero-order valence-electron chi connectivity index (χ0n) is 16.5. The highest BCUT2D eigenvalue weighted by Gasteiger charge is 2.40. The van der Waals surface area contributed by atoms with Gasteiger partial charge in [0, 0.05) is 11.5 Å². The Kier molecular flexibility index (Phi) is 4.33. The molecule has 2 heterocycles. The summed E-state index contributed by atoms with van der Waals surface area (Å²) in [5.41, 5.74) is 4.88.